The Balaban J connectivity index is 1.07. The number of benzene rings is 2. The van der Waals surface area contributed by atoms with Crippen molar-refractivity contribution in [3.05, 3.63) is 54.4 Å². The molecular weight excluding hydrogens is 560 g/mol. The molecule has 3 saturated heterocycles. The number of hydrogen-bond donors (Lipinski definition) is 2. The second kappa shape index (κ2) is 13.5. The number of aromatic nitrogens is 3. The lowest BCUT2D eigenvalue weighted by Crippen LogP contribution is -2.56. The molecule has 0 bridgehead atoms. The number of carbonyl (C=O) groups excluding carboxylic acids is 1. The fraction of sp³-hybridized carbons (Fsp3) is 0.469. The Morgan fingerprint density at radius 2 is 1.86 bits per heavy atom. The van der Waals surface area contributed by atoms with E-state index in [2.05, 4.69) is 48.3 Å². The normalized spacial score (nSPS) is 20.2. The summed E-state index contributed by atoms with van der Waals surface area (Å²) in [4.78, 5) is 32.0. The van der Waals surface area contributed by atoms with Crippen LogP contribution in [-0.2, 0) is 9.53 Å². The van der Waals surface area contributed by atoms with E-state index in [1.54, 1.807) is 17.0 Å². The average molecular weight is 599 g/mol. The Hall–Kier alpha value is -4.31. The zero-order valence-corrected chi connectivity index (χ0v) is 24.9. The van der Waals surface area contributed by atoms with Crippen LogP contribution in [0, 0.1) is 11.3 Å². The number of aliphatic hydroxyl groups excluding tert-OH is 1. The Kier molecular flexibility index (Phi) is 9.16. The first-order chi connectivity index (χ1) is 21.5. The van der Waals surface area contributed by atoms with Crippen LogP contribution in [0.1, 0.15) is 31.7 Å². The lowest BCUT2D eigenvalue weighted by molar-refractivity contribution is -0.139. The first-order valence-corrected chi connectivity index (χ1v) is 15.3. The van der Waals surface area contributed by atoms with Crippen molar-refractivity contribution < 1.29 is 19.4 Å². The molecule has 3 aromatic rings. The fourth-order valence-electron chi connectivity index (χ4n) is 5.87. The van der Waals surface area contributed by atoms with E-state index in [9.17, 15) is 15.2 Å². The van der Waals surface area contributed by atoms with Gasteiger partial charge in [-0.2, -0.15) is 10.2 Å². The molecule has 1 amide bonds. The molecule has 2 N–H and O–H groups in total. The Bertz CT molecular complexity index is 1480. The van der Waals surface area contributed by atoms with Gasteiger partial charge in [-0.15, -0.1) is 0 Å². The van der Waals surface area contributed by atoms with E-state index in [1.165, 1.54) is 18.9 Å². The molecule has 0 aliphatic carbocycles. The minimum Gasteiger partial charge on any atom is -0.489 e. The summed E-state index contributed by atoms with van der Waals surface area (Å²) in [6, 6.07) is 16.4. The van der Waals surface area contributed by atoms with Crippen molar-refractivity contribution in [1.82, 2.24) is 24.8 Å². The van der Waals surface area contributed by atoms with Crippen LogP contribution in [0.4, 0.5) is 17.3 Å². The second-order valence-electron chi connectivity index (χ2n) is 11.5. The zero-order valence-electron chi connectivity index (χ0n) is 24.9. The van der Waals surface area contributed by atoms with E-state index in [-0.39, 0.29) is 12.0 Å². The third-order valence-electron chi connectivity index (χ3n) is 8.51. The van der Waals surface area contributed by atoms with Crippen LogP contribution in [0.3, 0.4) is 0 Å². The molecule has 3 aliphatic heterocycles. The summed E-state index contributed by atoms with van der Waals surface area (Å²) in [5, 5.41) is 22.8. The van der Waals surface area contributed by atoms with Gasteiger partial charge in [0.15, 0.2) is 5.82 Å². The van der Waals surface area contributed by atoms with Crippen molar-refractivity contribution in [3.8, 4) is 23.2 Å². The second-order valence-corrected chi connectivity index (χ2v) is 11.5. The highest BCUT2D eigenvalue weighted by atomic mass is 16.5. The van der Waals surface area contributed by atoms with E-state index in [1.807, 2.05) is 18.2 Å². The van der Waals surface area contributed by atoms with Gasteiger partial charge in [-0.25, -0.2) is 9.97 Å². The van der Waals surface area contributed by atoms with E-state index in [0.29, 0.717) is 54.2 Å². The van der Waals surface area contributed by atoms with Gasteiger partial charge in [-0.3, -0.25) is 9.69 Å². The van der Waals surface area contributed by atoms with Crippen molar-refractivity contribution in [2.24, 2.45) is 0 Å². The predicted octanol–water partition coefficient (Wildman–Crippen LogP) is 2.82. The largest absolute Gasteiger partial charge is 0.489 e. The third kappa shape index (κ3) is 6.91. The maximum Gasteiger partial charge on any atom is 0.251 e. The van der Waals surface area contributed by atoms with Gasteiger partial charge in [0, 0.05) is 62.6 Å². The maximum absolute atomic E-state index is 12.2. The number of nitriles is 1. The molecule has 12 nitrogen and oxygen atoms in total. The van der Waals surface area contributed by atoms with Gasteiger partial charge in [-0.1, -0.05) is 0 Å². The number of nitrogens with zero attached hydrogens (tertiary/aromatic N) is 7. The first kappa shape index (κ1) is 29.7. The Labute approximate surface area is 257 Å². The van der Waals surface area contributed by atoms with Gasteiger partial charge >= 0.3 is 0 Å². The quantitative estimate of drug-likeness (QED) is 0.396. The number of anilines is 3. The maximum atomic E-state index is 12.2. The van der Waals surface area contributed by atoms with Crippen LogP contribution in [0.15, 0.2) is 48.8 Å². The number of hydrogen-bond acceptors (Lipinski definition) is 11. The number of carbonyl (C=O) groups is 1. The number of nitrogens with one attached hydrogen (secondary N) is 1. The summed E-state index contributed by atoms with van der Waals surface area (Å²) in [7, 11) is 0. The highest BCUT2D eigenvalue weighted by molar-refractivity contribution is 5.80. The molecule has 0 spiro atoms. The van der Waals surface area contributed by atoms with Gasteiger partial charge in [0.2, 0.25) is 5.95 Å². The Morgan fingerprint density at radius 1 is 1.07 bits per heavy atom. The van der Waals surface area contributed by atoms with Crippen molar-refractivity contribution in [2.75, 3.05) is 62.7 Å². The number of ether oxygens (including phenoxy) is 2. The lowest BCUT2D eigenvalue weighted by atomic mass is 10.1. The van der Waals surface area contributed by atoms with Crippen LogP contribution < -0.4 is 15.0 Å². The molecule has 230 valence electrons. The number of rotatable bonds is 8. The summed E-state index contributed by atoms with van der Waals surface area (Å²) < 4.78 is 11.6. The minimum atomic E-state index is -1.01. The highest BCUT2D eigenvalue weighted by Gasteiger charge is 2.29. The third-order valence-corrected chi connectivity index (χ3v) is 8.51. The SMILES string of the molecule is CC(O)C(=O)N1CCCC(Oc2ccc(-c3ncnc(Nc4ccc(N5CCN(C6COC6)CC5)cc4)n3)cc2C#N)CC1. The Morgan fingerprint density at radius 3 is 2.57 bits per heavy atom. The smallest absolute Gasteiger partial charge is 0.251 e. The molecule has 0 saturated carbocycles. The van der Waals surface area contributed by atoms with Crippen molar-refractivity contribution >= 4 is 23.2 Å². The van der Waals surface area contributed by atoms with Gasteiger partial charge in [0.25, 0.3) is 5.91 Å². The molecule has 6 rings (SSSR count). The average Bonchev–Trinajstić information content (AvgIpc) is 3.26. The zero-order chi connectivity index (χ0) is 30.5. The fourth-order valence-corrected chi connectivity index (χ4v) is 5.87. The summed E-state index contributed by atoms with van der Waals surface area (Å²) in [5.41, 5.74) is 3.12. The number of aliphatic hydroxyl groups is 1. The van der Waals surface area contributed by atoms with Crippen molar-refractivity contribution in [3.63, 3.8) is 0 Å². The molecule has 4 heterocycles. The molecule has 2 aromatic carbocycles. The van der Waals surface area contributed by atoms with Crippen LogP contribution in [0.5, 0.6) is 5.75 Å². The number of piperazine rings is 1. The van der Waals surface area contributed by atoms with Gasteiger partial charge in [-0.05, 0) is 62.2 Å². The lowest BCUT2D eigenvalue weighted by Gasteiger charge is -2.43. The molecule has 0 radical (unpaired) electrons. The van der Waals surface area contributed by atoms with E-state index < -0.39 is 6.10 Å². The summed E-state index contributed by atoms with van der Waals surface area (Å²) >= 11 is 0. The van der Waals surface area contributed by atoms with Gasteiger partial charge in [0.1, 0.15) is 30.4 Å². The minimum absolute atomic E-state index is 0.133. The molecule has 3 fully saturated rings. The number of amides is 1. The van der Waals surface area contributed by atoms with Crippen molar-refractivity contribution in [1.29, 1.82) is 5.26 Å². The van der Waals surface area contributed by atoms with Gasteiger partial charge < -0.3 is 29.7 Å². The monoisotopic (exact) mass is 598 g/mol. The summed E-state index contributed by atoms with van der Waals surface area (Å²) in [6.45, 7) is 8.39. The van der Waals surface area contributed by atoms with Gasteiger partial charge in [0.05, 0.1) is 24.8 Å². The molecule has 2 unspecified atom stereocenters. The summed E-state index contributed by atoms with van der Waals surface area (Å²) in [5.74, 6) is 1.08. The van der Waals surface area contributed by atoms with E-state index >= 15 is 0 Å². The molecule has 12 heteroatoms. The standard InChI is InChI=1S/C32H38N8O4/c1-22(41)31(42)40-11-2-3-28(10-12-40)44-29-9-4-23(17-24(29)18-33)30-34-21-35-32(37-30)36-25-5-7-26(8-6-25)38-13-15-39(16-14-38)27-19-43-20-27/h4-9,17,21-22,27-28,41H,2-3,10-16,19-20H2,1H3,(H,34,35,36,37). The molecule has 2 atom stereocenters. The van der Waals surface area contributed by atoms with E-state index in [4.69, 9.17) is 9.47 Å². The van der Waals surface area contributed by atoms with Crippen molar-refractivity contribution in [2.45, 2.75) is 44.4 Å². The summed E-state index contributed by atoms with van der Waals surface area (Å²) in [6.07, 6.45) is 2.45. The highest BCUT2D eigenvalue weighted by Crippen LogP contribution is 2.28. The van der Waals surface area contributed by atoms with Crippen LogP contribution in [-0.4, -0.2) is 106 Å². The molecular formula is C32H38N8O4. The van der Waals surface area contributed by atoms with E-state index in [0.717, 1.165) is 57.9 Å². The molecule has 3 aliphatic rings. The number of likely N-dealkylation sites (tertiary alicyclic amines) is 1. The molecule has 44 heavy (non-hydrogen) atoms. The van der Waals surface area contributed by atoms with Crippen LogP contribution in [0.25, 0.3) is 11.4 Å². The first-order valence-electron chi connectivity index (χ1n) is 15.3. The topological polar surface area (TPSA) is 140 Å². The van der Waals surface area contributed by atoms with Crippen LogP contribution in [0.2, 0.25) is 0 Å². The predicted molar refractivity (Wildman–Crippen MR) is 165 cm³/mol. The van der Waals surface area contributed by atoms with Crippen LogP contribution >= 0.6 is 0 Å². The molecule has 1 aromatic heterocycles.